The smallest absolute Gasteiger partial charge is 0.327 e. The molecule has 0 spiro atoms. The van der Waals surface area contributed by atoms with E-state index in [9.17, 15) is 19.2 Å². The number of imide groups is 1. The lowest BCUT2D eigenvalue weighted by atomic mass is 10.1. The zero-order valence-electron chi connectivity index (χ0n) is 8.26. The van der Waals surface area contributed by atoms with E-state index in [0.717, 1.165) is 13.8 Å². The molecule has 7 nitrogen and oxygen atoms in total. The topological polar surface area (TPSA) is 112 Å². The van der Waals surface area contributed by atoms with E-state index in [4.69, 9.17) is 10.2 Å². The first-order valence-corrected chi connectivity index (χ1v) is 4.02. The number of hydrogen-bond acceptors (Lipinski definition) is 4. The Morgan fingerprint density at radius 2 is 1.47 bits per heavy atom. The molecule has 0 heterocycles. The van der Waals surface area contributed by atoms with Gasteiger partial charge in [0.1, 0.15) is 6.04 Å². The molecule has 0 rings (SSSR count). The summed E-state index contributed by atoms with van der Waals surface area (Å²) in [5, 5.41) is 17.1. The van der Waals surface area contributed by atoms with Crippen molar-refractivity contribution in [3.05, 3.63) is 0 Å². The maximum atomic E-state index is 11.0. The molecular formula is C8H11NO6. The number of carboxylic acid groups (broad SMARTS) is 2. The molecule has 0 aromatic carbocycles. The number of rotatable bonds is 4. The van der Waals surface area contributed by atoms with Crippen molar-refractivity contribution in [3.8, 4) is 0 Å². The van der Waals surface area contributed by atoms with Gasteiger partial charge in [-0.25, -0.2) is 4.79 Å². The van der Waals surface area contributed by atoms with Gasteiger partial charge in [0.05, 0.1) is 6.42 Å². The van der Waals surface area contributed by atoms with Crippen LogP contribution in [0.25, 0.3) is 0 Å². The maximum absolute atomic E-state index is 11.0. The summed E-state index contributed by atoms with van der Waals surface area (Å²) in [5.41, 5.74) is 0. The third-order valence-corrected chi connectivity index (χ3v) is 1.64. The van der Waals surface area contributed by atoms with E-state index in [1.54, 1.807) is 0 Å². The number of carbonyl (C=O) groups is 4. The summed E-state index contributed by atoms with van der Waals surface area (Å²) >= 11 is 0. The van der Waals surface area contributed by atoms with Gasteiger partial charge >= 0.3 is 11.9 Å². The number of amides is 2. The average molecular weight is 217 g/mol. The minimum absolute atomic E-state index is 0.413. The van der Waals surface area contributed by atoms with E-state index in [2.05, 4.69) is 0 Å². The molecule has 15 heavy (non-hydrogen) atoms. The Bertz CT molecular complexity index is 296. The fourth-order valence-electron chi connectivity index (χ4n) is 1.12. The maximum Gasteiger partial charge on any atom is 0.327 e. The molecule has 0 unspecified atom stereocenters. The molecule has 0 saturated heterocycles. The molecular weight excluding hydrogens is 206 g/mol. The minimum atomic E-state index is -1.66. The predicted octanol–water partition coefficient (Wildman–Crippen LogP) is -0.691. The number of nitrogens with zero attached hydrogens (tertiary/aromatic N) is 1. The molecule has 0 saturated carbocycles. The van der Waals surface area contributed by atoms with Gasteiger partial charge in [0.25, 0.3) is 0 Å². The van der Waals surface area contributed by atoms with E-state index in [0.29, 0.717) is 4.90 Å². The van der Waals surface area contributed by atoms with Crippen LogP contribution in [0.1, 0.15) is 20.3 Å². The van der Waals surface area contributed by atoms with Gasteiger partial charge in [-0.05, 0) is 0 Å². The second-order valence-corrected chi connectivity index (χ2v) is 2.86. The molecule has 0 fully saturated rings. The van der Waals surface area contributed by atoms with E-state index < -0.39 is 36.2 Å². The van der Waals surface area contributed by atoms with E-state index >= 15 is 0 Å². The third kappa shape index (κ3) is 3.75. The van der Waals surface area contributed by atoms with Crippen LogP contribution in [0.5, 0.6) is 0 Å². The minimum Gasteiger partial charge on any atom is -0.481 e. The second-order valence-electron chi connectivity index (χ2n) is 2.86. The summed E-state index contributed by atoms with van der Waals surface area (Å²) in [6.45, 7) is 2.00. The van der Waals surface area contributed by atoms with E-state index in [-0.39, 0.29) is 0 Å². The second kappa shape index (κ2) is 5.08. The Morgan fingerprint density at radius 3 is 1.67 bits per heavy atom. The van der Waals surface area contributed by atoms with Crippen LogP contribution >= 0.6 is 0 Å². The van der Waals surface area contributed by atoms with Crippen LogP contribution in [0.2, 0.25) is 0 Å². The highest BCUT2D eigenvalue weighted by Gasteiger charge is 2.32. The predicted molar refractivity (Wildman–Crippen MR) is 46.9 cm³/mol. The van der Waals surface area contributed by atoms with Gasteiger partial charge < -0.3 is 10.2 Å². The van der Waals surface area contributed by atoms with Crippen LogP contribution in [-0.4, -0.2) is 44.9 Å². The van der Waals surface area contributed by atoms with Crippen molar-refractivity contribution in [3.63, 3.8) is 0 Å². The van der Waals surface area contributed by atoms with Crippen LogP contribution in [0, 0.1) is 0 Å². The lowest BCUT2D eigenvalue weighted by Gasteiger charge is -2.23. The standard InChI is InChI=1S/C8H11NO6/c1-4(10)9(5(2)11)6(8(14)15)3-7(12)13/h6H,3H2,1-2H3,(H,12,13)(H,14,15)/t6-/m0/s1. The number of carbonyl (C=O) groups excluding carboxylic acids is 2. The van der Waals surface area contributed by atoms with Crippen LogP contribution in [0.4, 0.5) is 0 Å². The highest BCUT2D eigenvalue weighted by atomic mass is 16.4. The fraction of sp³-hybridized carbons (Fsp3) is 0.500. The van der Waals surface area contributed by atoms with E-state index in [1.807, 2.05) is 0 Å². The Morgan fingerprint density at radius 1 is 1.07 bits per heavy atom. The zero-order chi connectivity index (χ0) is 12.2. The number of aliphatic carboxylic acids is 2. The largest absolute Gasteiger partial charge is 0.481 e. The normalized spacial score (nSPS) is 11.6. The summed E-state index contributed by atoms with van der Waals surface area (Å²) in [7, 11) is 0. The summed E-state index contributed by atoms with van der Waals surface area (Å²) in [6, 6.07) is -1.66. The first-order valence-electron chi connectivity index (χ1n) is 4.02. The molecule has 7 heteroatoms. The summed E-state index contributed by atoms with van der Waals surface area (Å²) in [6.07, 6.45) is -0.811. The van der Waals surface area contributed by atoms with Gasteiger partial charge in [-0.1, -0.05) is 0 Å². The van der Waals surface area contributed by atoms with Crippen molar-refractivity contribution in [2.75, 3.05) is 0 Å². The quantitative estimate of drug-likeness (QED) is 0.644. The van der Waals surface area contributed by atoms with E-state index in [1.165, 1.54) is 0 Å². The molecule has 0 aliphatic heterocycles. The molecule has 0 bridgehead atoms. The van der Waals surface area contributed by atoms with Gasteiger partial charge in [-0.2, -0.15) is 0 Å². The molecule has 0 aliphatic rings. The Balaban J connectivity index is 5.01. The molecule has 2 amide bonds. The number of hydrogen-bond donors (Lipinski definition) is 2. The third-order valence-electron chi connectivity index (χ3n) is 1.64. The molecule has 84 valence electrons. The van der Waals surface area contributed by atoms with Crippen LogP contribution in [0.3, 0.4) is 0 Å². The van der Waals surface area contributed by atoms with Gasteiger partial charge in [0.2, 0.25) is 11.8 Å². The van der Waals surface area contributed by atoms with Crippen LogP contribution in [0.15, 0.2) is 0 Å². The molecule has 0 aromatic heterocycles. The zero-order valence-corrected chi connectivity index (χ0v) is 8.26. The molecule has 0 aromatic rings. The molecule has 1 atom stereocenters. The highest BCUT2D eigenvalue weighted by Crippen LogP contribution is 2.06. The summed E-state index contributed by atoms with van der Waals surface area (Å²) < 4.78 is 0. The monoisotopic (exact) mass is 217 g/mol. The average Bonchev–Trinajstić information content (AvgIpc) is 2.00. The highest BCUT2D eigenvalue weighted by molar-refractivity contribution is 5.98. The Kier molecular flexibility index (Phi) is 4.43. The van der Waals surface area contributed by atoms with Crippen molar-refractivity contribution in [1.82, 2.24) is 4.90 Å². The van der Waals surface area contributed by atoms with Crippen LogP contribution < -0.4 is 0 Å². The lowest BCUT2D eigenvalue weighted by molar-refractivity contribution is -0.159. The van der Waals surface area contributed by atoms with Gasteiger partial charge in [-0.15, -0.1) is 0 Å². The fourth-order valence-corrected chi connectivity index (χ4v) is 1.12. The lowest BCUT2D eigenvalue weighted by Crippen LogP contribution is -2.47. The number of carboxylic acids is 2. The first-order chi connectivity index (χ1) is 6.77. The van der Waals surface area contributed by atoms with Gasteiger partial charge in [0.15, 0.2) is 0 Å². The molecule has 2 N–H and O–H groups in total. The first kappa shape index (κ1) is 13.1. The Labute approximate surface area is 85.3 Å². The summed E-state index contributed by atoms with van der Waals surface area (Å²) in [5.74, 6) is -4.51. The Hall–Kier alpha value is -1.92. The van der Waals surface area contributed by atoms with Gasteiger partial charge in [-0.3, -0.25) is 19.3 Å². The van der Waals surface area contributed by atoms with Crippen molar-refractivity contribution >= 4 is 23.8 Å². The van der Waals surface area contributed by atoms with Crippen LogP contribution in [-0.2, 0) is 19.2 Å². The van der Waals surface area contributed by atoms with Crippen molar-refractivity contribution in [2.24, 2.45) is 0 Å². The molecule has 0 aliphatic carbocycles. The SMILES string of the molecule is CC(=O)N(C(C)=O)[C@@H](CC(=O)O)C(=O)O. The molecule has 0 radical (unpaired) electrons. The van der Waals surface area contributed by atoms with Crippen molar-refractivity contribution in [2.45, 2.75) is 26.3 Å². The van der Waals surface area contributed by atoms with Gasteiger partial charge in [0, 0.05) is 13.8 Å². The van der Waals surface area contributed by atoms with Crippen molar-refractivity contribution in [1.29, 1.82) is 0 Å². The summed E-state index contributed by atoms with van der Waals surface area (Å²) in [4.78, 5) is 43.4. The van der Waals surface area contributed by atoms with Crippen molar-refractivity contribution < 1.29 is 29.4 Å².